The summed E-state index contributed by atoms with van der Waals surface area (Å²) in [6.45, 7) is 2.77. The number of rotatable bonds is 8. The van der Waals surface area contributed by atoms with E-state index in [2.05, 4.69) is 20.0 Å². The lowest BCUT2D eigenvalue weighted by Crippen LogP contribution is -2.41. The third-order valence-electron chi connectivity index (χ3n) is 5.16. The van der Waals surface area contributed by atoms with E-state index in [-0.39, 0.29) is 5.82 Å². The van der Waals surface area contributed by atoms with Crippen LogP contribution in [0.1, 0.15) is 22.6 Å². The number of hydrogen-bond donors (Lipinski definition) is 1. The van der Waals surface area contributed by atoms with Crippen molar-refractivity contribution >= 4 is 23.0 Å². The summed E-state index contributed by atoms with van der Waals surface area (Å²) in [7, 11) is 1.72. The second-order valence-corrected chi connectivity index (χ2v) is 8.17. The zero-order valence-corrected chi connectivity index (χ0v) is 18.5. The molecule has 0 amide bonds. The highest BCUT2D eigenvalue weighted by atomic mass is 35.5. The van der Waals surface area contributed by atoms with E-state index in [0.717, 1.165) is 16.7 Å². The van der Waals surface area contributed by atoms with Crippen LogP contribution in [0.3, 0.4) is 0 Å². The minimum atomic E-state index is -3.74. The maximum absolute atomic E-state index is 13.1. The van der Waals surface area contributed by atoms with E-state index in [9.17, 15) is 18.4 Å². The highest BCUT2D eigenvalue weighted by molar-refractivity contribution is 6.21. The van der Waals surface area contributed by atoms with Crippen molar-refractivity contribution in [3.63, 3.8) is 0 Å². The Labute approximate surface area is 192 Å². The molecule has 0 atom stereocenters. The van der Waals surface area contributed by atoms with Crippen molar-refractivity contribution in [2.75, 3.05) is 17.3 Å². The zero-order chi connectivity index (χ0) is 23.8. The summed E-state index contributed by atoms with van der Waals surface area (Å²) in [6, 6.07) is 14.6. The summed E-state index contributed by atoms with van der Waals surface area (Å²) in [6.07, 6.45) is 0. The molecule has 0 aliphatic heterocycles. The summed E-state index contributed by atoms with van der Waals surface area (Å²) in [5.74, 6) is -0.996. The maximum Gasteiger partial charge on any atom is 0.400 e. The molecule has 0 saturated heterocycles. The van der Waals surface area contributed by atoms with E-state index in [1.54, 1.807) is 36.2 Å². The van der Waals surface area contributed by atoms with Crippen LogP contribution in [0.15, 0.2) is 62.6 Å². The summed E-state index contributed by atoms with van der Waals surface area (Å²) in [4.78, 5) is 29.6. The lowest BCUT2D eigenvalue weighted by atomic mass is 10.1. The molecule has 33 heavy (non-hydrogen) atoms. The van der Waals surface area contributed by atoms with Crippen molar-refractivity contribution in [2.45, 2.75) is 25.4 Å². The highest BCUT2D eigenvalue weighted by Gasteiger charge is 2.35. The first-order chi connectivity index (χ1) is 15.6. The Morgan fingerprint density at radius 2 is 1.67 bits per heavy atom. The summed E-state index contributed by atoms with van der Waals surface area (Å²) >= 11 is 4.89. The SMILES string of the molecule is Cc1ccc(CNc2c(N(C)Cc3ccc(-c4noc(C(F)(F)Cl)n4)cc3)c(=O)c2=O)cc1. The van der Waals surface area contributed by atoms with Gasteiger partial charge in [-0.05, 0) is 29.7 Å². The largest absolute Gasteiger partial charge is 0.400 e. The van der Waals surface area contributed by atoms with Gasteiger partial charge in [0.15, 0.2) is 0 Å². The van der Waals surface area contributed by atoms with Crippen molar-refractivity contribution in [3.8, 4) is 11.4 Å². The molecule has 7 nitrogen and oxygen atoms in total. The fourth-order valence-corrected chi connectivity index (χ4v) is 3.45. The van der Waals surface area contributed by atoms with Crippen LogP contribution < -0.4 is 21.1 Å². The molecule has 10 heteroatoms. The van der Waals surface area contributed by atoms with Crippen LogP contribution in [0.2, 0.25) is 0 Å². The Morgan fingerprint density at radius 1 is 1.03 bits per heavy atom. The number of halogens is 3. The lowest BCUT2D eigenvalue weighted by molar-refractivity contribution is 0.0551. The van der Waals surface area contributed by atoms with Gasteiger partial charge in [0.25, 0.3) is 10.9 Å². The average molecular weight is 473 g/mol. The fraction of sp³-hybridized carbons (Fsp3) is 0.217. The monoisotopic (exact) mass is 472 g/mol. The molecular weight excluding hydrogens is 454 g/mol. The van der Waals surface area contributed by atoms with Gasteiger partial charge in [0, 0.05) is 25.7 Å². The zero-order valence-electron chi connectivity index (χ0n) is 17.7. The average Bonchev–Trinajstić information content (AvgIpc) is 3.28. The number of nitrogens with zero attached hydrogens (tertiary/aromatic N) is 3. The van der Waals surface area contributed by atoms with E-state index >= 15 is 0 Å². The van der Waals surface area contributed by atoms with Crippen molar-refractivity contribution in [3.05, 3.63) is 91.6 Å². The van der Waals surface area contributed by atoms with Gasteiger partial charge in [0.1, 0.15) is 11.4 Å². The first-order valence-corrected chi connectivity index (χ1v) is 10.4. The molecule has 0 aliphatic rings. The van der Waals surface area contributed by atoms with Crippen LogP contribution in [0.25, 0.3) is 11.4 Å². The molecule has 0 bridgehead atoms. The predicted octanol–water partition coefficient (Wildman–Crippen LogP) is 4.18. The van der Waals surface area contributed by atoms with Crippen LogP contribution in [0, 0.1) is 6.92 Å². The van der Waals surface area contributed by atoms with Crippen LogP contribution in [-0.4, -0.2) is 17.2 Å². The van der Waals surface area contributed by atoms with Crippen molar-refractivity contribution in [2.24, 2.45) is 0 Å². The summed E-state index contributed by atoms with van der Waals surface area (Å²) < 4.78 is 30.6. The topological polar surface area (TPSA) is 88.3 Å². The number of aryl methyl sites for hydroxylation is 1. The van der Waals surface area contributed by atoms with Gasteiger partial charge in [0.05, 0.1) is 0 Å². The second-order valence-electron chi connectivity index (χ2n) is 7.69. The van der Waals surface area contributed by atoms with E-state index in [1.807, 2.05) is 31.2 Å². The smallest absolute Gasteiger partial charge is 0.376 e. The number of benzene rings is 2. The van der Waals surface area contributed by atoms with Gasteiger partial charge in [-0.25, -0.2) is 0 Å². The van der Waals surface area contributed by atoms with E-state index < -0.39 is 22.1 Å². The van der Waals surface area contributed by atoms with Gasteiger partial charge >= 0.3 is 11.3 Å². The van der Waals surface area contributed by atoms with Gasteiger partial charge in [0.2, 0.25) is 5.82 Å². The van der Waals surface area contributed by atoms with Crippen LogP contribution in [0.5, 0.6) is 0 Å². The van der Waals surface area contributed by atoms with Crippen molar-refractivity contribution < 1.29 is 13.3 Å². The van der Waals surface area contributed by atoms with Gasteiger partial charge in [-0.3, -0.25) is 9.59 Å². The maximum atomic E-state index is 13.1. The molecule has 4 aromatic rings. The first-order valence-electron chi connectivity index (χ1n) is 9.97. The standard InChI is InChI=1S/C23H19ClF2N4O3/c1-13-3-5-14(6-4-13)11-27-17-18(20(32)19(17)31)30(2)12-15-7-9-16(10-8-15)21-28-22(33-29-21)23(24,25)26/h3-10,27H,11-12H2,1-2H3. The molecular formula is C23H19ClF2N4O3. The Morgan fingerprint density at radius 3 is 2.27 bits per heavy atom. The first kappa shape index (κ1) is 22.6. The third kappa shape index (κ3) is 4.78. The normalized spacial score (nSPS) is 11.7. The molecule has 0 radical (unpaired) electrons. The van der Waals surface area contributed by atoms with Crippen LogP contribution in [0.4, 0.5) is 20.2 Å². The molecule has 4 rings (SSSR count). The van der Waals surface area contributed by atoms with E-state index in [4.69, 9.17) is 11.6 Å². The number of alkyl halides is 3. The molecule has 0 spiro atoms. The third-order valence-corrected chi connectivity index (χ3v) is 5.32. The van der Waals surface area contributed by atoms with Gasteiger partial charge in [-0.15, -0.1) is 0 Å². The molecule has 1 aromatic heterocycles. The molecule has 0 unspecified atom stereocenters. The fourth-order valence-electron chi connectivity index (χ4n) is 3.37. The molecule has 0 fully saturated rings. The lowest BCUT2D eigenvalue weighted by Gasteiger charge is -2.24. The van der Waals surface area contributed by atoms with Crippen molar-refractivity contribution in [1.82, 2.24) is 10.1 Å². The number of nitrogens with one attached hydrogen (secondary N) is 1. The molecule has 170 valence electrons. The number of hydrogen-bond acceptors (Lipinski definition) is 7. The predicted molar refractivity (Wildman–Crippen MR) is 121 cm³/mol. The summed E-state index contributed by atoms with van der Waals surface area (Å²) in [5.41, 5.74) is 2.96. The van der Waals surface area contributed by atoms with Gasteiger partial charge in [-0.1, -0.05) is 59.3 Å². The van der Waals surface area contributed by atoms with E-state index in [0.29, 0.717) is 30.0 Å². The number of anilines is 2. The van der Waals surface area contributed by atoms with Gasteiger partial charge in [-0.2, -0.15) is 13.8 Å². The van der Waals surface area contributed by atoms with E-state index in [1.165, 1.54) is 0 Å². The Bertz CT molecular complexity index is 1340. The Hall–Kier alpha value is -3.59. The molecule has 0 saturated carbocycles. The minimum absolute atomic E-state index is 0.0182. The molecule has 0 aliphatic carbocycles. The Balaban J connectivity index is 1.44. The molecule has 1 N–H and O–H groups in total. The van der Waals surface area contributed by atoms with Crippen LogP contribution >= 0.6 is 11.6 Å². The van der Waals surface area contributed by atoms with Crippen molar-refractivity contribution in [1.29, 1.82) is 0 Å². The quantitative estimate of drug-likeness (QED) is 0.304. The molecule has 3 aromatic carbocycles. The van der Waals surface area contributed by atoms with Crippen LogP contribution in [-0.2, 0) is 18.5 Å². The Kier molecular flexibility index (Phi) is 5.99. The number of aromatic nitrogens is 2. The molecule has 1 heterocycles. The second kappa shape index (κ2) is 8.74. The summed E-state index contributed by atoms with van der Waals surface area (Å²) in [5, 5.41) is 2.84. The van der Waals surface area contributed by atoms with Gasteiger partial charge < -0.3 is 14.7 Å². The minimum Gasteiger partial charge on any atom is -0.376 e. The highest BCUT2D eigenvalue weighted by Crippen LogP contribution is 2.32.